The predicted octanol–water partition coefficient (Wildman–Crippen LogP) is 3.02. The Morgan fingerprint density at radius 1 is 1.53 bits per heavy atom. The summed E-state index contributed by atoms with van der Waals surface area (Å²) in [5.41, 5.74) is 6.21. The van der Waals surface area contributed by atoms with Crippen molar-refractivity contribution in [3.63, 3.8) is 0 Å². The Kier molecular flexibility index (Phi) is 4.85. The molecule has 0 saturated heterocycles. The molecule has 0 heterocycles. The Bertz CT molecular complexity index is 317. The highest BCUT2D eigenvalue weighted by molar-refractivity contribution is 6.33. The van der Waals surface area contributed by atoms with Gasteiger partial charge in [-0.15, -0.1) is 0 Å². The van der Waals surface area contributed by atoms with Crippen LogP contribution in [0.2, 0.25) is 5.02 Å². The number of hydrogen-bond acceptors (Lipinski definition) is 2. The molecule has 4 heteroatoms. The van der Waals surface area contributed by atoms with Crippen LogP contribution in [0.25, 0.3) is 0 Å². The quantitative estimate of drug-likeness (QED) is 0.816. The lowest BCUT2D eigenvalue weighted by molar-refractivity contribution is 0.624. The highest BCUT2D eigenvalue weighted by Crippen LogP contribution is 2.23. The molecule has 1 rings (SSSR count). The summed E-state index contributed by atoms with van der Waals surface area (Å²) in [6, 6.07) is 4.42. The van der Waals surface area contributed by atoms with Crippen molar-refractivity contribution in [2.75, 3.05) is 11.9 Å². The lowest BCUT2D eigenvalue weighted by Crippen LogP contribution is -2.28. The van der Waals surface area contributed by atoms with Crippen LogP contribution in [0, 0.1) is 5.82 Å². The summed E-state index contributed by atoms with van der Waals surface area (Å²) in [5.74, 6) is -0.297. The molecule has 0 amide bonds. The summed E-state index contributed by atoms with van der Waals surface area (Å²) in [5, 5.41) is 3.66. The zero-order valence-corrected chi connectivity index (χ0v) is 9.52. The van der Waals surface area contributed by atoms with Gasteiger partial charge in [0, 0.05) is 12.6 Å². The summed E-state index contributed by atoms with van der Waals surface area (Å²) >= 11 is 5.93. The van der Waals surface area contributed by atoms with E-state index < -0.39 is 0 Å². The molecule has 0 aliphatic rings. The normalized spacial score (nSPS) is 12.5. The van der Waals surface area contributed by atoms with Crippen LogP contribution in [0.4, 0.5) is 10.1 Å². The second-order valence-corrected chi connectivity index (χ2v) is 3.90. The van der Waals surface area contributed by atoms with Gasteiger partial charge in [-0.1, -0.05) is 24.9 Å². The second-order valence-electron chi connectivity index (χ2n) is 3.49. The topological polar surface area (TPSA) is 38.0 Å². The molecular formula is C11H16ClFN2. The van der Waals surface area contributed by atoms with E-state index in [0.717, 1.165) is 12.8 Å². The number of rotatable bonds is 5. The van der Waals surface area contributed by atoms with Gasteiger partial charge in [-0.25, -0.2) is 4.39 Å². The summed E-state index contributed by atoms with van der Waals surface area (Å²) in [6.45, 7) is 2.60. The second kappa shape index (κ2) is 5.93. The average Bonchev–Trinajstić information content (AvgIpc) is 2.22. The van der Waals surface area contributed by atoms with Crippen LogP contribution in [0.15, 0.2) is 18.2 Å². The fraction of sp³-hybridized carbons (Fsp3) is 0.455. The van der Waals surface area contributed by atoms with E-state index in [1.807, 2.05) is 0 Å². The van der Waals surface area contributed by atoms with Gasteiger partial charge in [0.15, 0.2) is 0 Å². The van der Waals surface area contributed by atoms with Crippen molar-refractivity contribution in [2.24, 2.45) is 5.73 Å². The lowest BCUT2D eigenvalue weighted by atomic mass is 10.1. The molecule has 1 unspecified atom stereocenters. The number of benzene rings is 1. The van der Waals surface area contributed by atoms with Gasteiger partial charge in [0.2, 0.25) is 0 Å². The maximum atomic E-state index is 13.0. The first-order valence-electron chi connectivity index (χ1n) is 5.09. The Morgan fingerprint density at radius 2 is 2.27 bits per heavy atom. The van der Waals surface area contributed by atoms with Crippen molar-refractivity contribution in [1.82, 2.24) is 0 Å². The van der Waals surface area contributed by atoms with Crippen LogP contribution in [0.1, 0.15) is 19.8 Å². The number of anilines is 1. The van der Waals surface area contributed by atoms with Crippen LogP contribution in [0.3, 0.4) is 0 Å². The number of nitrogens with two attached hydrogens (primary N) is 1. The minimum Gasteiger partial charge on any atom is -0.380 e. The number of halogens is 2. The van der Waals surface area contributed by atoms with Crippen LogP contribution in [-0.4, -0.2) is 12.6 Å². The van der Waals surface area contributed by atoms with Gasteiger partial charge >= 0.3 is 0 Å². The summed E-state index contributed by atoms with van der Waals surface area (Å²) in [7, 11) is 0. The van der Waals surface area contributed by atoms with Crippen molar-refractivity contribution in [3.8, 4) is 0 Å². The summed E-state index contributed by atoms with van der Waals surface area (Å²) in [4.78, 5) is 0. The zero-order valence-electron chi connectivity index (χ0n) is 8.76. The van der Waals surface area contributed by atoms with Gasteiger partial charge in [0.05, 0.1) is 10.7 Å². The van der Waals surface area contributed by atoms with Crippen molar-refractivity contribution in [2.45, 2.75) is 25.8 Å². The molecule has 3 N–H and O–H groups in total. The molecule has 0 fully saturated rings. The first kappa shape index (κ1) is 12.3. The number of nitrogens with one attached hydrogen (secondary N) is 1. The molecule has 15 heavy (non-hydrogen) atoms. The number of hydrogen-bond donors (Lipinski definition) is 2. The third-order valence-corrected chi connectivity index (χ3v) is 2.54. The van der Waals surface area contributed by atoms with E-state index in [9.17, 15) is 4.39 Å². The largest absolute Gasteiger partial charge is 0.380 e. The molecule has 1 aromatic rings. The van der Waals surface area contributed by atoms with Crippen molar-refractivity contribution < 1.29 is 4.39 Å². The molecule has 84 valence electrons. The predicted molar refractivity (Wildman–Crippen MR) is 62.8 cm³/mol. The van der Waals surface area contributed by atoms with Crippen molar-refractivity contribution >= 4 is 17.3 Å². The fourth-order valence-electron chi connectivity index (χ4n) is 1.43. The first-order chi connectivity index (χ1) is 7.17. The Balaban J connectivity index is 2.73. The van der Waals surface area contributed by atoms with E-state index in [1.54, 1.807) is 6.07 Å². The van der Waals surface area contributed by atoms with E-state index in [-0.39, 0.29) is 11.9 Å². The van der Waals surface area contributed by atoms with Gasteiger partial charge in [-0.05, 0) is 24.6 Å². The van der Waals surface area contributed by atoms with Crippen LogP contribution in [-0.2, 0) is 0 Å². The van der Waals surface area contributed by atoms with Gasteiger partial charge in [0.1, 0.15) is 5.82 Å². The minimum atomic E-state index is -0.297. The summed E-state index contributed by atoms with van der Waals surface area (Å²) in [6.07, 6.45) is 1.98. The van der Waals surface area contributed by atoms with Gasteiger partial charge in [-0.3, -0.25) is 0 Å². The Labute approximate surface area is 94.6 Å². The molecule has 0 bridgehead atoms. The van der Waals surface area contributed by atoms with Gasteiger partial charge in [-0.2, -0.15) is 0 Å². The first-order valence-corrected chi connectivity index (χ1v) is 5.46. The maximum absolute atomic E-state index is 13.0. The highest BCUT2D eigenvalue weighted by Gasteiger charge is 2.08. The molecule has 1 aromatic carbocycles. The maximum Gasteiger partial charge on any atom is 0.125 e. The van der Waals surface area contributed by atoms with Gasteiger partial charge < -0.3 is 11.1 Å². The van der Waals surface area contributed by atoms with Crippen LogP contribution < -0.4 is 11.1 Å². The molecule has 2 nitrogen and oxygen atoms in total. The van der Waals surface area contributed by atoms with E-state index in [0.29, 0.717) is 17.3 Å². The zero-order chi connectivity index (χ0) is 11.3. The molecule has 0 radical (unpaired) electrons. The Morgan fingerprint density at radius 3 is 2.87 bits per heavy atom. The van der Waals surface area contributed by atoms with E-state index in [1.165, 1.54) is 12.1 Å². The smallest absolute Gasteiger partial charge is 0.125 e. The molecule has 1 atom stereocenters. The third kappa shape index (κ3) is 3.68. The molecule has 0 aliphatic carbocycles. The van der Waals surface area contributed by atoms with Crippen LogP contribution >= 0.6 is 11.6 Å². The van der Waals surface area contributed by atoms with E-state index in [4.69, 9.17) is 17.3 Å². The molecule has 0 aromatic heterocycles. The highest BCUT2D eigenvalue weighted by atomic mass is 35.5. The lowest BCUT2D eigenvalue weighted by Gasteiger charge is -2.18. The van der Waals surface area contributed by atoms with E-state index >= 15 is 0 Å². The molecule has 0 spiro atoms. The van der Waals surface area contributed by atoms with Gasteiger partial charge in [0.25, 0.3) is 0 Å². The summed E-state index contributed by atoms with van der Waals surface area (Å²) < 4.78 is 13.0. The van der Waals surface area contributed by atoms with Crippen LogP contribution in [0.5, 0.6) is 0 Å². The standard InChI is InChI=1S/C11H16ClFN2/c1-2-3-9(7-14)15-11-6-8(13)4-5-10(11)12/h4-6,9,15H,2-3,7,14H2,1H3. The van der Waals surface area contributed by atoms with Crippen molar-refractivity contribution in [1.29, 1.82) is 0 Å². The third-order valence-electron chi connectivity index (χ3n) is 2.21. The molecular weight excluding hydrogens is 215 g/mol. The van der Waals surface area contributed by atoms with Crippen molar-refractivity contribution in [3.05, 3.63) is 29.0 Å². The SMILES string of the molecule is CCCC(CN)Nc1cc(F)ccc1Cl. The minimum absolute atomic E-state index is 0.147. The monoisotopic (exact) mass is 230 g/mol. The Hall–Kier alpha value is -0.800. The molecule has 0 saturated carbocycles. The molecule has 0 aliphatic heterocycles. The average molecular weight is 231 g/mol. The fourth-order valence-corrected chi connectivity index (χ4v) is 1.60. The van der Waals surface area contributed by atoms with E-state index in [2.05, 4.69) is 12.2 Å².